The highest BCUT2D eigenvalue weighted by Gasteiger charge is 2.13. The van der Waals surface area contributed by atoms with Crippen molar-refractivity contribution in [2.45, 2.75) is 33.2 Å². The summed E-state index contributed by atoms with van der Waals surface area (Å²) in [5.74, 6) is 1.57. The lowest BCUT2D eigenvalue weighted by atomic mass is 10.2. The van der Waals surface area contributed by atoms with Gasteiger partial charge in [0.05, 0.1) is 0 Å². The second-order valence-corrected chi connectivity index (χ2v) is 9.03. The summed E-state index contributed by atoms with van der Waals surface area (Å²) < 4.78 is 1.85. The average Bonchev–Trinajstić information content (AvgIpc) is 3.42. The molecule has 4 rings (SSSR count). The largest absolute Gasteiger partial charge is 0.338 e. The molecular formula is C22H28N8S. The van der Waals surface area contributed by atoms with Gasteiger partial charge < -0.3 is 16.4 Å². The molecule has 8 nitrogen and oxygen atoms in total. The first-order valence-electron chi connectivity index (χ1n) is 10.5. The summed E-state index contributed by atoms with van der Waals surface area (Å²) in [6.07, 6.45) is 3.52. The third-order valence-electron chi connectivity index (χ3n) is 5.05. The van der Waals surface area contributed by atoms with Crippen molar-refractivity contribution in [2.24, 2.45) is 11.7 Å². The summed E-state index contributed by atoms with van der Waals surface area (Å²) in [5, 5.41) is 21.9. The minimum atomic E-state index is 0.371. The lowest BCUT2D eigenvalue weighted by molar-refractivity contribution is 0.523. The van der Waals surface area contributed by atoms with E-state index in [0.717, 1.165) is 51.3 Å². The van der Waals surface area contributed by atoms with Crippen molar-refractivity contribution >= 4 is 28.4 Å². The molecule has 162 valence electrons. The van der Waals surface area contributed by atoms with Gasteiger partial charge >= 0.3 is 0 Å². The van der Waals surface area contributed by atoms with Crippen LogP contribution in [0.2, 0.25) is 0 Å². The van der Waals surface area contributed by atoms with E-state index < -0.39 is 0 Å². The maximum Gasteiger partial charge on any atom is 0.158 e. The maximum absolute atomic E-state index is 5.72. The molecule has 1 atom stereocenters. The van der Waals surface area contributed by atoms with E-state index in [4.69, 9.17) is 5.73 Å². The number of hydrogen-bond donors (Lipinski definition) is 3. The van der Waals surface area contributed by atoms with E-state index in [2.05, 4.69) is 69.9 Å². The number of hydrogen-bond acceptors (Lipinski definition) is 8. The molecule has 0 aliphatic heterocycles. The van der Waals surface area contributed by atoms with Crippen LogP contribution in [0.25, 0.3) is 16.1 Å². The number of anilines is 2. The zero-order valence-corrected chi connectivity index (χ0v) is 18.9. The topological polar surface area (TPSA) is 106 Å². The Morgan fingerprint density at radius 2 is 2.03 bits per heavy atom. The van der Waals surface area contributed by atoms with E-state index in [9.17, 15) is 0 Å². The molecule has 0 fully saturated rings. The number of nitrogens with two attached hydrogens (primary N) is 1. The van der Waals surface area contributed by atoms with Gasteiger partial charge in [-0.15, -0.1) is 10.2 Å². The van der Waals surface area contributed by atoms with Gasteiger partial charge in [-0.05, 0) is 42.8 Å². The smallest absolute Gasteiger partial charge is 0.158 e. The van der Waals surface area contributed by atoms with Gasteiger partial charge in [0, 0.05) is 29.9 Å². The number of fused-ring (bicyclic) bond motifs is 1. The molecule has 0 bridgehead atoms. The summed E-state index contributed by atoms with van der Waals surface area (Å²) >= 11 is 1.63. The van der Waals surface area contributed by atoms with E-state index in [0.29, 0.717) is 18.4 Å². The van der Waals surface area contributed by atoms with Crippen LogP contribution < -0.4 is 16.4 Å². The number of nitrogens with one attached hydrogen (secondary N) is 2. The van der Waals surface area contributed by atoms with Crippen molar-refractivity contribution in [3.63, 3.8) is 0 Å². The van der Waals surface area contributed by atoms with Gasteiger partial charge in [-0.1, -0.05) is 44.2 Å². The van der Waals surface area contributed by atoms with E-state index in [-0.39, 0.29) is 0 Å². The van der Waals surface area contributed by atoms with Crippen LogP contribution in [0.3, 0.4) is 0 Å². The first-order valence-corrected chi connectivity index (χ1v) is 11.3. The molecule has 4 N–H and O–H groups in total. The highest BCUT2D eigenvalue weighted by Crippen LogP contribution is 2.30. The molecule has 3 heterocycles. The van der Waals surface area contributed by atoms with Crippen LogP contribution in [0.4, 0.5) is 11.5 Å². The summed E-state index contributed by atoms with van der Waals surface area (Å²) in [7, 11) is 0. The number of aromatic nitrogens is 5. The minimum Gasteiger partial charge on any atom is -0.338 e. The summed E-state index contributed by atoms with van der Waals surface area (Å²) in [4.78, 5) is 4.51. The lowest BCUT2D eigenvalue weighted by Crippen LogP contribution is -2.25. The van der Waals surface area contributed by atoms with Crippen molar-refractivity contribution in [3.05, 3.63) is 53.4 Å². The van der Waals surface area contributed by atoms with Crippen LogP contribution in [-0.2, 0) is 6.54 Å². The van der Waals surface area contributed by atoms with E-state index >= 15 is 0 Å². The van der Waals surface area contributed by atoms with Crippen LogP contribution in [0.15, 0.2) is 42.9 Å². The van der Waals surface area contributed by atoms with Gasteiger partial charge in [-0.2, -0.15) is 5.10 Å². The van der Waals surface area contributed by atoms with Crippen LogP contribution in [0, 0.1) is 5.92 Å². The second-order valence-electron chi connectivity index (χ2n) is 8.02. The minimum absolute atomic E-state index is 0.371. The van der Waals surface area contributed by atoms with Crippen molar-refractivity contribution in [3.8, 4) is 10.6 Å². The SMILES string of the molecule is CC(CN)CNCc1ccn2ncnc(Nc3cccc(-c4nnc(C(C)C)s4)c3)c12. The summed E-state index contributed by atoms with van der Waals surface area (Å²) in [5.41, 5.74) is 9.79. The standard InChI is InChI=1S/C22H28N8S/c1-14(2)21-28-29-22(31-21)16-5-4-6-18(9-16)27-20-19-17(12-24-11-15(3)10-23)7-8-30(19)26-13-25-20/h4-9,13-15,24H,10-12,23H2,1-3H3,(H,25,26,27). The Labute approximate surface area is 185 Å². The van der Waals surface area contributed by atoms with Crippen molar-refractivity contribution in [2.75, 3.05) is 18.4 Å². The molecule has 31 heavy (non-hydrogen) atoms. The average molecular weight is 437 g/mol. The van der Waals surface area contributed by atoms with Crippen molar-refractivity contribution < 1.29 is 0 Å². The van der Waals surface area contributed by atoms with Crippen LogP contribution in [0.1, 0.15) is 37.3 Å². The Balaban J connectivity index is 1.57. The van der Waals surface area contributed by atoms with Crippen molar-refractivity contribution in [1.29, 1.82) is 0 Å². The first-order chi connectivity index (χ1) is 15.0. The zero-order chi connectivity index (χ0) is 21.8. The predicted octanol–water partition coefficient (Wildman–Crippen LogP) is 3.80. The molecule has 4 aromatic rings. The Kier molecular flexibility index (Phi) is 6.55. The number of nitrogens with zero attached hydrogens (tertiary/aromatic N) is 5. The monoisotopic (exact) mass is 436 g/mol. The molecule has 0 aliphatic carbocycles. The predicted molar refractivity (Wildman–Crippen MR) is 126 cm³/mol. The Morgan fingerprint density at radius 1 is 1.16 bits per heavy atom. The summed E-state index contributed by atoms with van der Waals surface area (Å²) in [6, 6.07) is 10.2. The summed E-state index contributed by atoms with van der Waals surface area (Å²) in [6.45, 7) is 8.66. The van der Waals surface area contributed by atoms with E-state index in [1.54, 1.807) is 17.7 Å². The normalized spacial score (nSPS) is 12.5. The molecule has 9 heteroatoms. The quantitative estimate of drug-likeness (QED) is 0.366. The third kappa shape index (κ3) is 4.90. The molecule has 0 saturated heterocycles. The van der Waals surface area contributed by atoms with Gasteiger partial charge in [-0.25, -0.2) is 9.50 Å². The highest BCUT2D eigenvalue weighted by atomic mass is 32.1. The third-order valence-corrected chi connectivity index (χ3v) is 6.33. The van der Waals surface area contributed by atoms with Gasteiger partial charge in [0.15, 0.2) is 5.82 Å². The fraction of sp³-hybridized carbons (Fsp3) is 0.364. The Bertz CT molecular complexity index is 1150. The molecule has 1 aromatic carbocycles. The van der Waals surface area contributed by atoms with Crippen molar-refractivity contribution in [1.82, 2.24) is 30.1 Å². The Hall–Kier alpha value is -2.88. The molecule has 0 aliphatic rings. The highest BCUT2D eigenvalue weighted by molar-refractivity contribution is 7.14. The van der Waals surface area contributed by atoms with Gasteiger partial charge in [0.25, 0.3) is 0 Å². The van der Waals surface area contributed by atoms with Crippen LogP contribution in [0.5, 0.6) is 0 Å². The number of rotatable bonds is 9. The van der Waals surface area contributed by atoms with Gasteiger partial charge in [0.2, 0.25) is 0 Å². The molecule has 0 spiro atoms. The fourth-order valence-corrected chi connectivity index (χ4v) is 4.08. The fourth-order valence-electron chi connectivity index (χ4n) is 3.24. The van der Waals surface area contributed by atoms with Gasteiger partial charge in [0.1, 0.15) is 21.9 Å². The molecular weight excluding hydrogens is 408 g/mol. The van der Waals surface area contributed by atoms with Crippen LogP contribution >= 0.6 is 11.3 Å². The Morgan fingerprint density at radius 3 is 2.81 bits per heavy atom. The van der Waals surface area contributed by atoms with Gasteiger partial charge in [-0.3, -0.25) is 0 Å². The van der Waals surface area contributed by atoms with E-state index in [1.165, 1.54) is 0 Å². The first kappa shape index (κ1) is 21.4. The molecule has 1 unspecified atom stereocenters. The van der Waals surface area contributed by atoms with Crippen LogP contribution in [-0.4, -0.2) is 37.9 Å². The molecule has 0 radical (unpaired) electrons. The molecule has 0 amide bonds. The molecule has 3 aromatic heterocycles. The molecule has 0 saturated carbocycles. The zero-order valence-electron chi connectivity index (χ0n) is 18.0. The lowest BCUT2D eigenvalue weighted by Gasteiger charge is -2.12. The second kappa shape index (κ2) is 9.51. The van der Waals surface area contributed by atoms with E-state index in [1.807, 2.05) is 22.8 Å². The number of benzene rings is 1. The maximum atomic E-state index is 5.72.